The maximum Gasteiger partial charge on any atom is 2.00 e. The third kappa shape index (κ3) is 5.39. The molecule has 0 spiro atoms. The van der Waals surface area contributed by atoms with Crippen LogP contribution in [-0.4, -0.2) is 23.1 Å². The van der Waals surface area contributed by atoms with Gasteiger partial charge in [0.25, 0.3) is 0 Å². The molecule has 0 nitrogen and oxygen atoms in total. The van der Waals surface area contributed by atoms with Crippen LogP contribution < -0.4 is 17.0 Å². The van der Waals surface area contributed by atoms with Crippen LogP contribution in [0.1, 0.15) is 0 Å². The monoisotopic (exact) mass is 259 g/mol. The Morgan fingerprint density at radius 2 is 1.44 bits per heavy atom. The van der Waals surface area contributed by atoms with Crippen molar-refractivity contribution < 1.29 is 17.0 Å². The summed E-state index contributed by atoms with van der Waals surface area (Å²) in [6, 6.07) is 9.97. The molecule has 0 bridgehead atoms. The van der Waals surface area contributed by atoms with Crippen molar-refractivity contribution in [2.45, 2.75) is 0 Å². The number of halogens is 2. The quantitative estimate of drug-likeness (QED) is 0.530. The molecule has 3 heteroatoms. The number of rotatable bonds is 0. The van der Waals surface area contributed by atoms with Gasteiger partial charge in [-0.15, -0.1) is 0 Å². The molecule has 1 aromatic rings. The molecule has 0 aromatic heterocycles. The first-order chi connectivity index (χ1) is 3.39. The molecule has 0 heterocycles. The molecule has 0 N–H and O–H groups in total. The molecule has 0 aliphatic heterocycles. The Balaban J connectivity index is 0. The second-order valence-electron chi connectivity index (χ2n) is 1.30. The molecule has 44 valence electrons. The topological polar surface area (TPSA) is 0 Å². The molecule has 0 fully saturated rings. The third-order valence-electron chi connectivity index (χ3n) is 0.733. The fourth-order valence-corrected chi connectivity index (χ4v) is 0.720. The zero-order chi connectivity index (χ0) is 5.11. The fourth-order valence-electron chi connectivity index (χ4n) is 0.415. The van der Waals surface area contributed by atoms with Gasteiger partial charge in [-0.05, 0) is 12.1 Å². The molecule has 0 atom stereocenters. The Morgan fingerprint density at radius 1 is 1.00 bits per heavy atom. The normalized spacial score (nSPS) is 6.78. The first-order valence-corrected chi connectivity index (χ1v) is 2.89. The van der Waals surface area contributed by atoms with Crippen molar-refractivity contribution in [2.75, 3.05) is 0 Å². The van der Waals surface area contributed by atoms with Crippen LogP contribution in [0, 0.1) is 0 Å². The second-order valence-corrected chi connectivity index (χ2v) is 2.21. The summed E-state index contributed by atoms with van der Waals surface area (Å²) in [5, 5.41) is 0. The van der Waals surface area contributed by atoms with Gasteiger partial charge in [0, 0.05) is 4.47 Å². The Morgan fingerprint density at radius 3 is 1.67 bits per heavy atom. The molecule has 0 aliphatic rings. The van der Waals surface area contributed by atoms with Gasteiger partial charge in [-0.2, -0.15) is 0 Å². The SMILES string of the molecule is Brc1ccccc1.[Br-].[Mg+2]. The second kappa shape index (κ2) is 7.06. The molecule has 9 heavy (non-hydrogen) atoms. The van der Waals surface area contributed by atoms with Crippen molar-refractivity contribution in [1.82, 2.24) is 0 Å². The van der Waals surface area contributed by atoms with Gasteiger partial charge in [0.1, 0.15) is 0 Å². The number of benzene rings is 1. The van der Waals surface area contributed by atoms with E-state index in [2.05, 4.69) is 15.9 Å². The van der Waals surface area contributed by atoms with E-state index < -0.39 is 0 Å². The van der Waals surface area contributed by atoms with E-state index in [1.807, 2.05) is 30.3 Å². The van der Waals surface area contributed by atoms with E-state index in [4.69, 9.17) is 0 Å². The summed E-state index contributed by atoms with van der Waals surface area (Å²) in [7, 11) is 0. The van der Waals surface area contributed by atoms with Gasteiger partial charge in [-0.25, -0.2) is 0 Å². The summed E-state index contributed by atoms with van der Waals surface area (Å²) in [6.07, 6.45) is 0. The van der Waals surface area contributed by atoms with Gasteiger partial charge in [-0.1, -0.05) is 34.1 Å². The molecule has 1 aromatic carbocycles. The van der Waals surface area contributed by atoms with E-state index in [0.29, 0.717) is 0 Å². The Kier molecular flexibility index (Phi) is 9.89. The molecule has 0 unspecified atom stereocenters. The zero-order valence-corrected chi connectivity index (χ0v) is 9.44. The van der Waals surface area contributed by atoms with Crippen LogP contribution in [0.3, 0.4) is 0 Å². The van der Waals surface area contributed by atoms with Crippen LogP contribution in [0.2, 0.25) is 0 Å². The third-order valence-corrected chi connectivity index (χ3v) is 1.26. The van der Waals surface area contributed by atoms with E-state index in [1.54, 1.807) is 0 Å². The number of hydrogen-bond donors (Lipinski definition) is 0. The van der Waals surface area contributed by atoms with Gasteiger partial charge in [-0.3, -0.25) is 0 Å². The molecule has 0 amide bonds. The van der Waals surface area contributed by atoms with Crippen LogP contribution >= 0.6 is 15.9 Å². The van der Waals surface area contributed by atoms with Gasteiger partial charge < -0.3 is 17.0 Å². The minimum absolute atomic E-state index is 0. The van der Waals surface area contributed by atoms with Crippen LogP contribution in [0.15, 0.2) is 34.8 Å². The largest absolute Gasteiger partial charge is 2.00 e. The van der Waals surface area contributed by atoms with Gasteiger partial charge in [0.2, 0.25) is 0 Å². The van der Waals surface area contributed by atoms with Gasteiger partial charge in [0.05, 0.1) is 0 Å². The maximum atomic E-state index is 3.31. The van der Waals surface area contributed by atoms with Crippen molar-refractivity contribution in [1.29, 1.82) is 0 Å². The van der Waals surface area contributed by atoms with Crippen molar-refractivity contribution in [2.24, 2.45) is 0 Å². The molecule has 0 saturated heterocycles. The molecular formula is C6H5Br2Mg+. The van der Waals surface area contributed by atoms with Crippen LogP contribution in [0.4, 0.5) is 0 Å². The van der Waals surface area contributed by atoms with E-state index in [9.17, 15) is 0 Å². The first-order valence-electron chi connectivity index (χ1n) is 2.10. The van der Waals surface area contributed by atoms with Crippen LogP contribution in [0.25, 0.3) is 0 Å². The van der Waals surface area contributed by atoms with Gasteiger partial charge in [0.15, 0.2) is 0 Å². The zero-order valence-electron chi connectivity index (χ0n) is 4.85. The van der Waals surface area contributed by atoms with Crippen LogP contribution in [-0.2, 0) is 0 Å². The van der Waals surface area contributed by atoms with Crippen LogP contribution in [0.5, 0.6) is 0 Å². The predicted octanol–water partition coefficient (Wildman–Crippen LogP) is -0.928. The molecule has 0 saturated carbocycles. The van der Waals surface area contributed by atoms with E-state index in [1.165, 1.54) is 0 Å². The summed E-state index contributed by atoms with van der Waals surface area (Å²) in [6.45, 7) is 0. The minimum atomic E-state index is 0. The standard InChI is InChI=1S/C6H5Br.BrH.Mg/c7-6-4-2-1-3-5-6;;/h1-5H;1H;/q;;+2/p-1. The fraction of sp³-hybridized carbons (Fsp3) is 0. The van der Waals surface area contributed by atoms with Crippen molar-refractivity contribution in [3.63, 3.8) is 0 Å². The summed E-state index contributed by atoms with van der Waals surface area (Å²) in [5.41, 5.74) is 0. The van der Waals surface area contributed by atoms with E-state index >= 15 is 0 Å². The molecule has 0 aliphatic carbocycles. The van der Waals surface area contributed by atoms with E-state index in [-0.39, 0.29) is 40.0 Å². The molecule has 0 radical (unpaired) electrons. The summed E-state index contributed by atoms with van der Waals surface area (Å²) in [5.74, 6) is 0. The predicted molar refractivity (Wildman–Crippen MR) is 39.9 cm³/mol. The Bertz CT molecular complexity index is 141. The van der Waals surface area contributed by atoms with Gasteiger partial charge >= 0.3 is 23.1 Å². The van der Waals surface area contributed by atoms with Crippen molar-refractivity contribution in [3.8, 4) is 0 Å². The summed E-state index contributed by atoms with van der Waals surface area (Å²) in [4.78, 5) is 0. The Hall–Kier alpha value is 0.946. The van der Waals surface area contributed by atoms with Crippen molar-refractivity contribution in [3.05, 3.63) is 34.8 Å². The maximum absolute atomic E-state index is 3.31. The average molecular weight is 261 g/mol. The molecule has 1 rings (SSSR count). The smallest absolute Gasteiger partial charge is 1.00 e. The number of hydrogen-bond acceptors (Lipinski definition) is 0. The minimum Gasteiger partial charge on any atom is -1.00 e. The Labute approximate surface area is 90.1 Å². The first kappa shape index (κ1) is 12.6. The van der Waals surface area contributed by atoms with E-state index in [0.717, 1.165) is 4.47 Å². The average Bonchev–Trinajstić information content (AvgIpc) is 1.69. The summed E-state index contributed by atoms with van der Waals surface area (Å²) < 4.78 is 1.13. The molecular weight excluding hydrogens is 256 g/mol. The summed E-state index contributed by atoms with van der Waals surface area (Å²) >= 11 is 3.31. The van der Waals surface area contributed by atoms with Crippen molar-refractivity contribution >= 4 is 39.0 Å².